The van der Waals surface area contributed by atoms with Gasteiger partial charge in [0.05, 0.1) is 10.5 Å². The van der Waals surface area contributed by atoms with Crippen molar-refractivity contribution in [2.45, 2.75) is 38.8 Å². The molecule has 0 radical (unpaired) electrons. The van der Waals surface area contributed by atoms with Crippen LogP contribution in [0.5, 0.6) is 0 Å². The average Bonchev–Trinajstić information content (AvgIpc) is 2.71. The molecule has 0 saturated carbocycles. The van der Waals surface area contributed by atoms with Gasteiger partial charge in [-0.2, -0.15) is 0 Å². The second-order valence-corrected chi connectivity index (χ2v) is 6.47. The third-order valence-electron chi connectivity index (χ3n) is 4.91. The molecular formula is C20H26N4O3. The van der Waals surface area contributed by atoms with E-state index in [4.69, 9.17) is 5.73 Å². The number of carbonyl (C=O) groups is 1. The van der Waals surface area contributed by atoms with Crippen LogP contribution in [0.1, 0.15) is 42.6 Å². The quantitative estimate of drug-likeness (QED) is 0.462. The molecule has 2 aromatic rings. The van der Waals surface area contributed by atoms with Crippen LogP contribution in [-0.2, 0) is 6.54 Å². The minimum atomic E-state index is -0.504. The van der Waals surface area contributed by atoms with E-state index in [2.05, 4.69) is 10.6 Å². The summed E-state index contributed by atoms with van der Waals surface area (Å²) in [4.78, 5) is 23.6. The van der Waals surface area contributed by atoms with Crippen LogP contribution in [0.4, 0.5) is 11.4 Å². The fraction of sp³-hybridized carbons (Fsp3) is 0.350. The Morgan fingerprint density at radius 1 is 1.15 bits per heavy atom. The second-order valence-electron chi connectivity index (χ2n) is 6.47. The lowest BCUT2D eigenvalue weighted by molar-refractivity contribution is -0.384. The summed E-state index contributed by atoms with van der Waals surface area (Å²) in [5.74, 6) is -0.359. The van der Waals surface area contributed by atoms with E-state index in [1.165, 1.54) is 6.07 Å². The highest BCUT2D eigenvalue weighted by atomic mass is 16.6. The Balaban J connectivity index is 2.21. The predicted molar refractivity (Wildman–Crippen MR) is 107 cm³/mol. The van der Waals surface area contributed by atoms with Gasteiger partial charge in [0.25, 0.3) is 11.6 Å². The zero-order valence-corrected chi connectivity index (χ0v) is 15.7. The highest BCUT2D eigenvalue weighted by Crippen LogP contribution is 2.26. The summed E-state index contributed by atoms with van der Waals surface area (Å²) in [6, 6.07) is 14.0. The van der Waals surface area contributed by atoms with Crippen LogP contribution >= 0.6 is 0 Å². The Labute approximate surface area is 159 Å². The fourth-order valence-electron chi connectivity index (χ4n) is 2.85. The molecule has 2 aromatic carbocycles. The Hall–Kier alpha value is -2.93. The fourth-order valence-corrected chi connectivity index (χ4v) is 2.85. The highest BCUT2D eigenvalue weighted by molar-refractivity contribution is 5.96. The topological polar surface area (TPSA) is 110 Å². The molecule has 2 rings (SSSR count). The lowest BCUT2D eigenvalue weighted by Gasteiger charge is -2.31. The molecule has 7 nitrogen and oxygen atoms in total. The first-order valence-electron chi connectivity index (χ1n) is 9.03. The molecule has 0 aliphatic rings. The molecule has 0 fully saturated rings. The number of nitrogens with one attached hydrogen (secondary N) is 2. The first-order valence-corrected chi connectivity index (χ1v) is 9.03. The van der Waals surface area contributed by atoms with E-state index in [-0.39, 0.29) is 17.2 Å². The summed E-state index contributed by atoms with van der Waals surface area (Å²) in [7, 11) is 0. The number of hydrogen-bond acceptors (Lipinski definition) is 5. The molecule has 0 spiro atoms. The van der Waals surface area contributed by atoms with Gasteiger partial charge >= 0.3 is 0 Å². The van der Waals surface area contributed by atoms with E-state index in [1.54, 1.807) is 12.1 Å². The monoisotopic (exact) mass is 370 g/mol. The van der Waals surface area contributed by atoms with Gasteiger partial charge in [0.1, 0.15) is 5.69 Å². The zero-order valence-electron chi connectivity index (χ0n) is 15.7. The first kappa shape index (κ1) is 20.4. The molecule has 0 aliphatic carbocycles. The third kappa shape index (κ3) is 5.04. The Morgan fingerprint density at radius 3 is 2.37 bits per heavy atom. The SMILES string of the molecule is CCC(CC)(CN)NC(=O)c1ccc(NCc2ccccc2)c([N+](=O)[O-])c1. The van der Waals surface area contributed by atoms with Gasteiger partial charge in [0.2, 0.25) is 0 Å². The van der Waals surface area contributed by atoms with E-state index in [9.17, 15) is 14.9 Å². The number of nitrogens with zero attached hydrogens (tertiary/aromatic N) is 1. The maximum Gasteiger partial charge on any atom is 0.293 e. The van der Waals surface area contributed by atoms with Gasteiger partial charge in [-0.25, -0.2) is 0 Å². The number of carbonyl (C=O) groups excluding carboxylic acids is 1. The lowest BCUT2D eigenvalue weighted by Crippen LogP contribution is -2.52. The highest BCUT2D eigenvalue weighted by Gasteiger charge is 2.27. The summed E-state index contributed by atoms with van der Waals surface area (Å²) < 4.78 is 0. The molecule has 0 aromatic heterocycles. The van der Waals surface area contributed by atoms with E-state index < -0.39 is 10.5 Å². The number of rotatable bonds is 9. The van der Waals surface area contributed by atoms with Crippen LogP contribution in [0.3, 0.4) is 0 Å². The molecule has 0 atom stereocenters. The smallest absolute Gasteiger partial charge is 0.293 e. The van der Waals surface area contributed by atoms with Crippen molar-refractivity contribution < 1.29 is 9.72 Å². The Bertz CT molecular complexity index is 781. The van der Waals surface area contributed by atoms with Gasteiger partial charge in [-0.15, -0.1) is 0 Å². The number of hydrogen-bond donors (Lipinski definition) is 3. The molecule has 0 saturated heterocycles. The summed E-state index contributed by atoms with van der Waals surface area (Å²) in [6.45, 7) is 4.67. The van der Waals surface area contributed by atoms with E-state index in [0.717, 1.165) is 5.56 Å². The first-order chi connectivity index (χ1) is 12.9. The Kier molecular flexibility index (Phi) is 6.90. The largest absolute Gasteiger partial charge is 0.375 e. The zero-order chi connectivity index (χ0) is 19.9. The number of nitrogens with two attached hydrogens (primary N) is 1. The van der Waals surface area contributed by atoms with Gasteiger partial charge in [-0.05, 0) is 30.5 Å². The average molecular weight is 370 g/mol. The predicted octanol–water partition coefficient (Wildman–Crippen LogP) is 3.45. The second kappa shape index (κ2) is 9.14. The van der Waals surface area contributed by atoms with Crippen LogP contribution < -0.4 is 16.4 Å². The molecule has 4 N–H and O–H groups in total. The summed E-state index contributed by atoms with van der Waals surface area (Å²) in [5, 5.41) is 17.5. The lowest BCUT2D eigenvalue weighted by atomic mass is 9.92. The van der Waals surface area contributed by atoms with Crippen LogP contribution in [0.25, 0.3) is 0 Å². The van der Waals surface area contributed by atoms with E-state index in [0.29, 0.717) is 31.6 Å². The summed E-state index contributed by atoms with van der Waals surface area (Å²) >= 11 is 0. The minimum Gasteiger partial charge on any atom is -0.375 e. The molecule has 27 heavy (non-hydrogen) atoms. The number of nitro groups is 1. The Morgan fingerprint density at radius 2 is 1.81 bits per heavy atom. The normalized spacial score (nSPS) is 11.1. The van der Waals surface area contributed by atoms with Crippen molar-refractivity contribution in [3.05, 3.63) is 69.8 Å². The van der Waals surface area contributed by atoms with Crippen LogP contribution in [0.2, 0.25) is 0 Å². The van der Waals surface area contributed by atoms with E-state index >= 15 is 0 Å². The number of amides is 1. The van der Waals surface area contributed by atoms with Crippen molar-refractivity contribution >= 4 is 17.3 Å². The molecule has 1 amide bonds. The van der Waals surface area contributed by atoms with E-state index in [1.807, 2.05) is 44.2 Å². The van der Waals surface area contributed by atoms with Crippen LogP contribution in [-0.4, -0.2) is 22.9 Å². The van der Waals surface area contributed by atoms with Crippen molar-refractivity contribution in [1.82, 2.24) is 5.32 Å². The molecular weight excluding hydrogens is 344 g/mol. The van der Waals surface area contributed by atoms with Crippen molar-refractivity contribution in [3.63, 3.8) is 0 Å². The van der Waals surface area contributed by atoms with Crippen molar-refractivity contribution in [1.29, 1.82) is 0 Å². The van der Waals surface area contributed by atoms with Crippen LogP contribution in [0.15, 0.2) is 48.5 Å². The number of nitro benzene ring substituents is 1. The molecule has 0 unspecified atom stereocenters. The van der Waals surface area contributed by atoms with Gasteiger partial charge < -0.3 is 16.4 Å². The maximum atomic E-state index is 12.6. The molecule has 0 bridgehead atoms. The molecule has 7 heteroatoms. The molecule has 0 aliphatic heterocycles. The maximum absolute atomic E-state index is 12.6. The minimum absolute atomic E-state index is 0.134. The molecule has 0 heterocycles. The van der Waals surface area contributed by atoms with Crippen molar-refractivity contribution in [2.24, 2.45) is 5.73 Å². The standard InChI is InChI=1S/C20H26N4O3/c1-3-20(4-2,14-21)23-19(25)16-10-11-17(18(12-16)24(26)27)22-13-15-8-6-5-7-9-15/h5-12,22H,3-4,13-14,21H2,1-2H3,(H,23,25). The van der Waals surface area contributed by atoms with Crippen molar-refractivity contribution in [2.75, 3.05) is 11.9 Å². The number of benzene rings is 2. The van der Waals surface area contributed by atoms with Crippen LogP contribution in [0, 0.1) is 10.1 Å². The van der Waals surface area contributed by atoms with Gasteiger partial charge in [-0.3, -0.25) is 14.9 Å². The van der Waals surface area contributed by atoms with Crippen molar-refractivity contribution in [3.8, 4) is 0 Å². The summed E-state index contributed by atoms with van der Waals surface area (Å²) in [5.41, 5.74) is 6.80. The molecule has 144 valence electrons. The van der Waals surface area contributed by atoms with Gasteiger partial charge in [0, 0.05) is 24.7 Å². The third-order valence-corrected chi connectivity index (χ3v) is 4.91. The number of anilines is 1. The van der Waals surface area contributed by atoms with Gasteiger partial charge in [0.15, 0.2) is 0 Å². The summed E-state index contributed by atoms with van der Waals surface area (Å²) in [6.07, 6.45) is 1.37. The van der Waals surface area contributed by atoms with Gasteiger partial charge in [-0.1, -0.05) is 44.2 Å².